The first-order valence-corrected chi connectivity index (χ1v) is 9.64. The first-order valence-electron chi connectivity index (χ1n) is 9.64. The Balaban J connectivity index is 1.58. The Morgan fingerprint density at radius 2 is 1.88 bits per heavy atom. The van der Waals surface area contributed by atoms with Crippen LogP contribution < -0.4 is 4.74 Å². The van der Waals surface area contributed by atoms with E-state index in [4.69, 9.17) is 9.47 Å². The van der Waals surface area contributed by atoms with Gasteiger partial charge in [0.25, 0.3) is 0 Å². The minimum Gasteiger partial charge on any atom is -0.493 e. The Labute approximate surface area is 151 Å². The van der Waals surface area contributed by atoms with E-state index < -0.39 is 0 Å². The van der Waals surface area contributed by atoms with Crippen LogP contribution in [0.15, 0.2) is 24.3 Å². The molecular formula is C21H31NO3. The summed E-state index contributed by atoms with van der Waals surface area (Å²) in [5, 5.41) is 0. The number of nitrogens with zero attached hydrogens (tertiary/aromatic N) is 1. The second-order valence-corrected chi connectivity index (χ2v) is 7.95. The van der Waals surface area contributed by atoms with Crippen molar-refractivity contribution in [3.63, 3.8) is 0 Å². The second kappa shape index (κ2) is 7.77. The Morgan fingerprint density at radius 3 is 2.36 bits per heavy atom. The lowest BCUT2D eigenvalue weighted by Gasteiger charge is -2.37. The van der Waals surface area contributed by atoms with Crippen molar-refractivity contribution in [3.05, 3.63) is 29.8 Å². The second-order valence-electron chi connectivity index (χ2n) is 7.95. The molecule has 0 aromatic heterocycles. The van der Waals surface area contributed by atoms with Crippen LogP contribution in [0.5, 0.6) is 5.75 Å². The number of carbonyl (C=O) groups is 1. The Hall–Kier alpha value is -1.55. The molecule has 1 aliphatic carbocycles. The van der Waals surface area contributed by atoms with Crippen molar-refractivity contribution in [3.8, 4) is 5.75 Å². The van der Waals surface area contributed by atoms with Crippen LogP contribution >= 0.6 is 0 Å². The molecule has 4 nitrogen and oxygen atoms in total. The predicted octanol–water partition coefficient (Wildman–Crippen LogP) is 4.03. The van der Waals surface area contributed by atoms with E-state index in [9.17, 15) is 4.79 Å². The van der Waals surface area contributed by atoms with Gasteiger partial charge in [0.05, 0.1) is 19.8 Å². The molecule has 1 aliphatic heterocycles. The lowest BCUT2D eigenvalue weighted by Crippen LogP contribution is -2.44. The number of hydrogen-bond acceptors (Lipinski definition) is 3. The summed E-state index contributed by atoms with van der Waals surface area (Å²) in [6.07, 6.45) is 4.14. The van der Waals surface area contributed by atoms with Gasteiger partial charge in [-0.3, -0.25) is 4.79 Å². The van der Waals surface area contributed by atoms with Gasteiger partial charge in [-0.25, -0.2) is 0 Å². The minimum atomic E-state index is 0.156. The van der Waals surface area contributed by atoms with Crippen molar-refractivity contribution < 1.29 is 14.3 Å². The molecule has 1 amide bonds. The van der Waals surface area contributed by atoms with Gasteiger partial charge in [0.1, 0.15) is 5.75 Å². The molecule has 0 spiro atoms. The van der Waals surface area contributed by atoms with Crippen LogP contribution in [0.25, 0.3) is 0 Å². The number of benzene rings is 1. The van der Waals surface area contributed by atoms with E-state index in [1.165, 1.54) is 5.56 Å². The maximum Gasteiger partial charge on any atom is 0.226 e. The van der Waals surface area contributed by atoms with Crippen LogP contribution in [0.4, 0.5) is 0 Å². The van der Waals surface area contributed by atoms with Gasteiger partial charge in [-0.2, -0.15) is 0 Å². The average Bonchev–Trinajstić information content (AvgIpc) is 3.43. The van der Waals surface area contributed by atoms with E-state index in [-0.39, 0.29) is 11.3 Å². The van der Waals surface area contributed by atoms with Crippen LogP contribution in [0.1, 0.15) is 52.0 Å². The summed E-state index contributed by atoms with van der Waals surface area (Å²) in [6, 6.07) is 8.66. The van der Waals surface area contributed by atoms with Gasteiger partial charge < -0.3 is 14.4 Å². The van der Waals surface area contributed by atoms with Crippen molar-refractivity contribution in [1.82, 2.24) is 4.90 Å². The summed E-state index contributed by atoms with van der Waals surface area (Å²) in [5.74, 6) is 1.38. The minimum absolute atomic E-state index is 0.156. The smallest absolute Gasteiger partial charge is 0.226 e. The molecule has 1 aromatic carbocycles. The molecule has 2 fully saturated rings. The zero-order valence-corrected chi connectivity index (χ0v) is 15.8. The third kappa shape index (κ3) is 4.55. The molecule has 0 radical (unpaired) electrons. The van der Waals surface area contributed by atoms with Crippen LogP contribution in [0.2, 0.25) is 0 Å². The predicted molar refractivity (Wildman–Crippen MR) is 98.5 cm³/mol. The Morgan fingerprint density at radius 1 is 1.24 bits per heavy atom. The molecule has 25 heavy (non-hydrogen) atoms. The SMILES string of the molecule is CCC(CC)C(=O)N(Cc1ccc(OCC2(C)COC2)cc1)C1CC1. The molecule has 1 saturated heterocycles. The van der Waals surface area contributed by atoms with Crippen molar-refractivity contribution in [2.75, 3.05) is 19.8 Å². The molecule has 1 heterocycles. The summed E-state index contributed by atoms with van der Waals surface area (Å²) >= 11 is 0. The largest absolute Gasteiger partial charge is 0.493 e. The van der Waals surface area contributed by atoms with Gasteiger partial charge in [0.15, 0.2) is 0 Å². The summed E-state index contributed by atoms with van der Waals surface area (Å²) in [7, 11) is 0. The van der Waals surface area contributed by atoms with Crippen molar-refractivity contribution in [2.45, 2.75) is 59.0 Å². The van der Waals surface area contributed by atoms with Gasteiger partial charge in [-0.15, -0.1) is 0 Å². The van der Waals surface area contributed by atoms with Crippen molar-refractivity contribution in [1.29, 1.82) is 0 Å². The number of ether oxygens (including phenoxy) is 2. The van der Waals surface area contributed by atoms with E-state index in [1.54, 1.807) is 0 Å². The highest BCUT2D eigenvalue weighted by Gasteiger charge is 2.35. The first-order chi connectivity index (χ1) is 12.0. The molecule has 0 bridgehead atoms. The maximum absolute atomic E-state index is 12.8. The quantitative estimate of drug-likeness (QED) is 0.678. The number of hydrogen-bond donors (Lipinski definition) is 0. The number of rotatable bonds is 9. The monoisotopic (exact) mass is 345 g/mol. The first kappa shape index (κ1) is 18.2. The van der Waals surface area contributed by atoms with Gasteiger partial charge in [0, 0.05) is 23.9 Å². The molecule has 4 heteroatoms. The zero-order valence-electron chi connectivity index (χ0n) is 15.8. The maximum atomic E-state index is 12.8. The Bertz CT molecular complexity index is 571. The van der Waals surface area contributed by atoms with Gasteiger partial charge >= 0.3 is 0 Å². The highest BCUT2D eigenvalue weighted by Crippen LogP contribution is 2.31. The fourth-order valence-electron chi connectivity index (χ4n) is 3.32. The van der Waals surface area contributed by atoms with Crippen LogP contribution in [0, 0.1) is 11.3 Å². The van der Waals surface area contributed by atoms with E-state index in [0.717, 1.165) is 44.6 Å². The van der Waals surface area contributed by atoms with Crippen LogP contribution in [-0.4, -0.2) is 36.7 Å². The number of carbonyl (C=O) groups excluding carboxylic acids is 1. The lowest BCUT2D eigenvalue weighted by atomic mass is 9.90. The molecule has 138 valence electrons. The lowest BCUT2D eigenvalue weighted by molar-refractivity contribution is -0.137. The highest BCUT2D eigenvalue weighted by atomic mass is 16.5. The van der Waals surface area contributed by atoms with Crippen molar-refractivity contribution >= 4 is 5.91 Å². The average molecular weight is 345 g/mol. The molecule has 3 rings (SSSR count). The third-order valence-corrected chi connectivity index (χ3v) is 5.37. The van der Waals surface area contributed by atoms with E-state index >= 15 is 0 Å². The molecule has 0 atom stereocenters. The fraction of sp³-hybridized carbons (Fsp3) is 0.667. The fourth-order valence-corrected chi connectivity index (χ4v) is 3.32. The molecule has 1 saturated carbocycles. The molecule has 1 aromatic rings. The van der Waals surface area contributed by atoms with E-state index in [1.807, 2.05) is 12.1 Å². The highest BCUT2D eigenvalue weighted by molar-refractivity contribution is 5.79. The molecule has 0 N–H and O–H groups in total. The normalized spacial score (nSPS) is 18.7. The van der Waals surface area contributed by atoms with Crippen LogP contribution in [-0.2, 0) is 16.1 Å². The third-order valence-electron chi connectivity index (χ3n) is 5.37. The molecule has 2 aliphatic rings. The summed E-state index contributed by atoms with van der Waals surface area (Å²) < 4.78 is 11.2. The van der Waals surface area contributed by atoms with Gasteiger partial charge in [0.2, 0.25) is 5.91 Å². The zero-order chi connectivity index (χ0) is 17.9. The van der Waals surface area contributed by atoms with E-state index in [0.29, 0.717) is 25.1 Å². The molecular weight excluding hydrogens is 314 g/mol. The van der Waals surface area contributed by atoms with Crippen molar-refractivity contribution in [2.24, 2.45) is 11.3 Å². The topological polar surface area (TPSA) is 38.8 Å². The van der Waals surface area contributed by atoms with E-state index in [2.05, 4.69) is 37.8 Å². The summed E-state index contributed by atoms with van der Waals surface area (Å²) in [5.41, 5.74) is 1.33. The standard InChI is InChI=1S/C21H31NO3/c1-4-17(5-2)20(23)22(18-8-9-18)12-16-6-10-19(11-7-16)25-15-21(3)13-24-14-21/h6-7,10-11,17-18H,4-5,8-9,12-15H2,1-3H3. The number of amides is 1. The molecule has 0 unspecified atom stereocenters. The summed E-state index contributed by atoms with van der Waals surface area (Å²) in [4.78, 5) is 14.9. The van der Waals surface area contributed by atoms with Gasteiger partial charge in [-0.1, -0.05) is 32.9 Å². The summed E-state index contributed by atoms with van der Waals surface area (Å²) in [6.45, 7) is 9.36. The van der Waals surface area contributed by atoms with Gasteiger partial charge in [-0.05, 0) is 43.4 Å². The van der Waals surface area contributed by atoms with Crippen LogP contribution in [0.3, 0.4) is 0 Å². The Kier molecular flexibility index (Phi) is 5.67.